The summed E-state index contributed by atoms with van der Waals surface area (Å²) in [7, 11) is -3.83. The Morgan fingerprint density at radius 3 is 0.975 bits per heavy atom. The molecule has 0 amide bonds. The second kappa shape index (κ2) is 35.8. The van der Waals surface area contributed by atoms with E-state index in [2.05, 4.69) is 26.0 Å². The van der Waals surface area contributed by atoms with E-state index in [0.717, 1.165) is 38.5 Å². The van der Waals surface area contributed by atoms with Gasteiger partial charge in [0.1, 0.15) is 0 Å². The summed E-state index contributed by atoms with van der Waals surface area (Å²) in [5.41, 5.74) is 0. The second-order valence-electron chi connectivity index (χ2n) is 11.6. The zero-order chi connectivity index (χ0) is 28.5. The van der Waals surface area contributed by atoms with Crippen LogP contribution in [0.25, 0.3) is 0 Å². The van der Waals surface area contributed by atoms with Gasteiger partial charge in [-0.05, 0) is 38.5 Å². The van der Waals surface area contributed by atoms with Crippen molar-refractivity contribution in [2.45, 2.75) is 194 Å². The first-order valence-corrected chi connectivity index (χ1v) is 18.6. The van der Waals surface area contributed by atoms with Crippen molar-refractivity contribution in [3.05, 3.63) is 12.2 Å². The molecule has 0 aromatic carbocycles. The Labute approximate surface area is 275 Å². The summed E-state index contributed by atoms with van der Waals surface area (Å²) in [6.07, 6.45) is 40.0. The molecule has 0 N–H and O–H groups in total. The average molecular weight is 597 g/mol. The molecule has 0 fully saturated rings. The van der Waals surface area contributed by atoms with Gasteiger partial charge in [-0.1, -0.05) is 167 Å². The van der Waals surface area contributed by atoms with Crippen LogP contribution in [0.2, 0.25) is 0 Å². The Bertz CT molecular complexity index is 602. The zero-order valence-electron chi connectivity index (χ0n) is 28.4. The maximum atomic E-state index is 11.9. The molecule has 0 aliphatic rings. The molecule has 0 spiro atoms. The molecule has 236 valence electrons. The van der Waals surface area contributed by atoms with E-state index < -0.39 is 10.4 Å². The van der Waals surface area contributed by atoms with Gasteiger partial charge in [-0.25, -0.2) is 8.37 Å². The molecule has 0 aliphatic heterocycles. The summed E-state index contributed by atoms with van der Waals surface area (Å²) in [5.74, 6) is 0. The number of hydrogen-bond acceptors (Lipinski definition) is 4. The van der Waals surface area contributed by atoms with Crippen LogP contribution < -0.4 is 29.6 Å². The molecule has 0 saturated carbocycles. The van der Waals surface area contributed by atoms with Gasteiger partial charge >= 0.3 is 40.0 Å². The summed E-state index contributed by atoms with van der Waals surface area (Å²) >= 11 is 0. The molecular weight excluding hydrogens is 527 g/mol. The van der Waals surface area contributed by atoms with E-state index in [0.29, 0.717) is 0 Å². The third-order valence-corrected chi connectivity index (χ3v) is 8.52. The van der Waals surface area contributed by atoms with Crippen LogP contribution in [-0.2, 0) is 18.8 Å². The zero-order valence-corrected chi connectivity index (χ0v) is 30.2. The van der Waals surface area contributed by atoms with Crippen molar-refractivity contribution in [2.75, 3.05) is 13.2 Å². The Balaban J connectivity index is -0.00000722. The summed E-state index contributed by atoms with van der Waals surface area (Å²) in [6.45, 7) is 5.02. The van der Waals surface area contributed by atoms with Crippen LogP contribution in [0.3, 0.4) is 0 Å². The maximum Gasteiger partial charge on any atom is 1.00 e. The van der Waals surface area contributed by atoms with Crippen LogP contribution in [0, 0.1) is 0 Å². The monoisotopic (exact) mass is 596 g/mol. The van der Waals surface area contributed by atoms with E-state index in [-0.39, 0.29) is 44.2 Å². The summed E-state index contributed by atoms with van der Waals surface area (Å²) in [4.78, 5) is 0. The molecule has 40 heavy (non-hydrogen) atoms. The van der Waals surface area contributed by atoms with Gasteiger partial charge in [-0.2, -0.15) is 8.42 Å². The van der Waals surface area contributed by atoms with Crippen molar-refractivity contribution in [2.24, 2.45) is 0 Å². The van der Waals surface area contributed by atoms with Crippen molar-refractivity contribution in [1.82, 2.24) is 0 Å². The molecule has 0 radical (unpaired) electrons. The predicted molar refractivity (Wildman–Crippen MR) is 172 cm³/mol. The summed E-state index contributed by atoms with van der Waals surface area (Å²) in [6, 6.07) is 0. The second-order valence-corrected chi connectivity index (χ2v) is 12.9. The van der Waals surface area contributed by atoms with Gasteiger partial charge in [0, 0.05) is 0 Å². The Morgan fingerprint density at radius 2 is 0.675 bits per heavy atom. The first-order valence-electron chi connectivity index (χ1n) is 17.3. The Kier molecular flexibility index (Phi) is 38.3. The van der Waals surface area contributed by atoms with Crippen molar-refractivity contribution in [1.29, 1.82) is 0 Å². The molecule has 0 aromatic heterocycles. The van der Waals surface area contributed by atoms with Crippen molar-refractivity contribution < 1.29 is 47.8 Å². The van der Waals surface area contributed by atoms with Gasteiger partial charge in [0.2, 0.25) is 0 Å². The third-order valence-electron chi connectivity index (χ3n) is 7.61. The number of allylic oxidation sites excluding steroid dienone is 2. The molecular formula is C34H69NaO4S. The fourth-order valence-electron chi connectivity index (χ4n) is 5.00. The summed E-state index contributed by atoms with van der Waals surface area (Å²) in [5, 5.41) is 0. The minimum absolute atomic E-state index is 0. The standard InChI is InChI=1S/C34H68O4S.Na.H/c1-3-5-7-9-11-13-15-17-19-20-22-24-26-28-30-32-34-38-39(35,36)37-33-31-29-27-25-23-21-18-16-14-12-10-8-6-4-2;;/h17,19H,3-16,18,20-34H2,1-2H3;;/q;+1;-1/b19-17-;;. The minimum atomic E-state index is -3.83. The van der Waals surface area contributed by atoms with Crippen LogP contribution in [0.5, 0.6) is 0 Å². The Morgan fingerprint density at radius 1 is 0.425 bits per heavy atom. The van der Waals surface area contributed by atoms with Crippen molar-refractivity contribution in [3.8, 4) is 0 Å². The number of rotatable bonds is 33. The largest absolute Gasteiger partial charge is 1.00 e. The van der Waals surface area contributed by atoms with Crippen molar-refractivity contribution >= 4 is 10.4 Å². The van der Waals surface area contributed by atoms with Crippen LogP contribution in [0.4, 0.5) is 0 Å². The molecule has 0 saturated heterocycles. The van der Waals surface area contributed by atoms with Crippen molar-refractivity contribution in [3.63, 3.8) is 0 Å². The fraction of sp³-hybridized carbons (Fsp3) is 0.941. The maximum absolute atomic E-state index is 11.9. The van der Waals surface area contributed by atoms with Gasteiger partial charge in [0.15, 0.2) is 0 Å². The van der Waals surface area contributed by atoms with E-state index in [4.69, 9.17) is 8.37 Å². The fourth-order valence-corrected chi connectivity index (χ4v) is 5.71. The van der Waals surface area contributed by atoms with Gasteiger partial charge in [-0.15, -0.1) is 0 Å². The van der Waals surface area contributed by atoms with E-state index in [9.17, 15) is 8.42 Å². The molecule has 0 unspecified atom stereocenters. The quantitative estimate of drug-likeness (QED) is 0.0431. The molecule has 0 aliphatic carbocycles. The van der Waals surface area contributed by atoms with Gasteiger partial charge in [-0.3, -0.25) is 0 Å². The van der Waals surface area contributed by atoms with Gasteiger partial charge < -0.3 is 1.43 Å². The van der Waals surface area contributed by atoms with E-state index in [1.165, 1.54) is 141 Å². The van der Waals surface area contributed by atoms with Gasteiger partial charge in [0.05, 0.1) is 13.2 Å². The minimum Gasteiger partial charge on any atom is -1.00 e. The normalized spacial score (nSPS) is 11.8. The first-order chi connectivity index (χ1) is 19.1. The molecule has 6 heteroatoms. The molecule has 0 atom stereocenters. The van der Waals surface area contributed by atoms with E-state index in [1.54, 1.807) is 0 Å². The van der Waals surface area contributed by atoms with Crippen LogP contribution in [0.15, 0.2) is 12.2 Å². The van der Waals surface area contributed by atoms with E-state index >= 15 is 0 Å². The first kappa shape index (κ1) is 42.7. The average Bonchev–Trinajstić information content (AvgIpc) is 2.92. The third kappa shape index (κ3) is 36.6. The molecule has 0 bridgehead atoms. The molecule has 0 aromatic rings. The van der Waals surface area contributed by atoms with Crippen LogP contribution in [-0.4, -0.2) is 21.6 Å². The molecule has 0 rings (SSSR count). The number of hydrogen-bond donors (Lipinski definition) is 0. The topological polar surface area (TPSA) is 52.6 Å². The SMILES string of the molecule is CCCCCCCC/C=C\CCCCCCCCOS(=O)(=O)OCCCCCCCCCCCCCCCC.[H-].[Na+]. The van der Waals surface area contributed by atoms with Crippen LogP contribution >= 0.6 is 0 Å². The summed E-state index contributed by atoms with van der Waals surface area (Å²) < 4.78 is 33.8. The van der Waals surface area contributed by atoms with Crippen LogP contribution in [0.1, 0.15) is 195 Å². The van der Waals surface area contributed by atoms with Gasteiger partial charge in [0.25, 0.3) is 0 Å². The number of unbranched alkanes of at least 4 members (excludes halogenated alkanes) is 25. The molecule has 4 nitrogen and oxygen atoms in total. The predicted octanol–water partition coefficient (Wildman–Crippen LogP) is 8.90. The molecule has 0 heterocycles. The van der Waals surface area contributed by atoms with E-state index in [1.807, 2.05) is 0 Å². The smallest absolute Gasteiger partial charge is 1.00 e. The Hall–Kier alpha value is 0.610.